The van der Waals surface area contributed by atoms with Crippen molar-refractivity contribution in [2.45, 2.75) is 12.5 Å². The number of carbonyl (C=O) groups is 2. The minimum atomic E-state index is -1.19. The van der Waals surface area contributed by atoms with Crippen molar-refractivity contribution in [2.24, 2.45) is 0 Å². The number of aliphatic hydroxyl groups excluding tert-OH is 1. The van der Waals surface area contributed by atoms with Gasteiger partial charge in [0.25, 0.3) is 0 Å². The number of hydrogen-bond donors (Lipinski definition) is 4. The molecule has 0 bridgehead atoms. The van der Waals surface area contributed by atoms with Gasteiger partial charge in [-0.15, -0.1) is 11.3 Å². The Morgan fingerprint density at radius 2 is 2.20 bits per heavy atom. The number of urea groups is 1. The van der Waals surface area contributed by atoms with Crippen LogP contribution in [0.5, 0.6) is 0 Å². The molecule has 0 radical (unpaired) electrons. The van der Waals surface area contributed by atoms with Gasteiger partial charge < -0.3 is 20.8 Å². The predicted octanol–water partition coefficient (Wildman–Crippen LogP) is 1.25. The fourth-order valence-corrected chi connectivity index (χ4v) is 2.36. The van der Waals surface area contributed by atoms with Crippen molar-refractivity contribution >= 4 is 39.2 Å². The zero-order valence-corrected chi connectivity index (χ0v) is 11.2. The maximum atomic E-state index is 11.7. The Balaban J connectivity index is 2.01. The normalized spacial score (nSPS) is 12.1. The molecule has 0 aliphatic rings. The van der Waals surface area contributed by atoms with Crippen molar-refractivity contribution in [3.63, 3.8) is 0 Å². The smallest absolute Gasteiger partial charge is 0.326 e. The molecule has 1 heterocycles. The number of aliphatic carboxylic acids is 1. The fraction of sp³-hybridized carbons (Fsp3) is 0.250. The van der Waals surface area contributed by atoms with E-state index in [1.165, 1.54) is 11.3 Å². The summed E-state index contributed by atoms with van der Waals surface area (Å²) in [5, 5.41) is 22.5. The number of anilines is 1. The van der Waals surface area contributed by atoms with Crippen molar-refractivity contribution in [2.75, 3.05) is 11.9 Å². The van der Waals surface area contributed by atoms with Crippen molar-refractivity contribution in [1.82, 2.24) is 10.3 Å². The molecular weight excluding hydrogens is 282 g/mol. The highest BCUT2D eigenvalue weighted by Gasteiger charge is 2.19. The SMILES string of the molecule is O=C(Nc1ccc2ncsc2c1)NC(CCO)C(=O)O. The van der Waals surface area contributed by atoms with Crippen LogP contribution in [-0.2, 0) is 4.79 Å². The molecule has 2 amide bonds. The van der Waals surface area contributed by atoms with E-state index in [1.54, 1.807) is 23.7 Å². The molecule has 2 aromatic rings. The Bertz CT molecular complexity index is 628. The molecule has 1 aromatic heterocycles. The number of rotatable bonds is 5. The molecule has 0 saturated heterocycles. The zero-order chi connectivity index (χ0) is 14.5. The lowest BCUT2D eigenvalue weighted by atomic mass is 10.2. The summed E-state index contributed by atoms with van der Waals surface area (Å²) in [6, 6.07) is 3.46. The molecule has 1 aromatic carbocycles. The highest BCUT2D eigenvalue weighted by atomic mass is 32.1. The number of hydrogen-bond acceptors (Lipinski definition) is 5. The van der Waals surface area contributed by atoms with Gasteiger partial charge >= 0.3 is 12.0 Å². The summed E-state index contributed by atoms with van der Waals surface area (Å²) >= 11 is 1.45. The fourth-order valence-electron chi connectivity index (χ4n) is 1.64. The van der Waals surface area contributed by atoms with Crippen LogP contribution in [0.15, 0.2) is 23.7 Å². The third-order valence-corrected chi connectivity index (χ3v) is 3.40. The highest BCUT2D eigenvalue weighted by Crippen LogP contribution is 2.21. The number of amides is 2. The monoisotopic (exact) mass is 295 g/mol. The van der Waals surface area contributed by atoms with Crippen LogP contribution in [0.4, 0.5) is 10.5 Å². The van der Waals surface area contributed by atoms with Crippen LogP contribution in [0.25, 0.3) is 10.2 Å². The number of nitrogens with one attached hydrogen (secondary N) is 2. The number of benzene rings is 1. The molecule has 0 aliphatic carbocycles. The maximum absolute atomic E-state index is 11.7. The summed E-state index contributed by atoms with van der Waals surface area (Å²) in [6.45, 7) is -0.315. The summed E-state index contributed by atoms with van der Waals surface area (Å²) < 4.78 is 0.924. The molecule has 0 aliphatic heterocycles. The Hall–Kier alpha value is -2.19. The molecule has 4 N–H and O–H groups in total. The quantitative estimate of drug-likeness (QED) is 0.663. The van der Waals surface area contributed by atoms with Gasteiger partial charge in [0.15, 0.2) is 0 Å². The first kappa shape index (κ1) is 14.2. The summed E-state index contributed by atoms with van der Waals surface area (Å²) in [5.74, 6) is -1.19. The molecule has 1 atom stereocenters. The van der Waals surface area contributed by atoms with Gasteiger partial charge in [0, 0.05) is 18.7 Å². The molecule has 0 fully saturated rings. The number of aliphatic hydroxyl groups is 1. The second kappa shape index (κ2) is 6.31. The summed E-state index contributed by atoms with van der Waals surface area (Å²) in [7, 11) is 0. The van der Waals surface area contributed by atoms with E-state index in [0.29, 0.717) is 5.69 Å². The standard InChI is InChI=1S/C12H13N3O4S/c16-4-3-9(11(17)18)15-12(19)14-7-1-2-8-10(5-7)20-6-13-8/h1-2,5-6,9,16H,3-4H2,(H,17,18)(H2,14,15,19). The van der Waals surface area contributed by atoms with E-state index in [-0.39, 0.29) is 13.0 Å². The first-order valence-corrected chi connectivity index (χ1v) is 6.72. The van der Waals surface area contributed by atoms with Crippen LogP contribution in [-0.4, -0.2) is 39.8 Å². The van der Waals surface area contributed by atoms with Crippen molar-refractivity contribution in [3.8, 4) is 0 Å². The number of fused-ring (bicyclic) bond motifs is 1. The van der Waals surface area contributed by atoms with Crippen LogP contribution in [0.2, 0.25) is 0 Å². The molecule has 0 saturated carbocycles. The predicted molar refractivity (Wildman–Crippen MR) is 74.9 cm³/mol. The van der Waals surface area contributed by atoms with Gasteiger partial charge in [0.05, 0.1) is 15.7 Å². The number of nitrogens with zero attached hydrogens (tertiary/aromatic N) is 1. The van der Waals surface area contributed by atoms with Crippen LogP contribution in [0, 0.1) is 0 Å². The van der Waals surface area contributed by atoms with Gasteiger partial charge in [-0.05, 0) is 18.2 Å². The van der Waals surface area contributed by atoms with E-state index in [9.17, 15) is 9.59 Å². The third-order valence-electron chi connectivity index (χ3n) is 2.61. The van der Waals surface area contributed by atoms with Crippen molar-refractivity contribution < 1.29 is 19.8 Å². The Morgan fingerprint density at radius 3 is 2.90 bits per heavy atom. The molecule has 106 valence electrons. The van der Waals surface area contributed by atoms with E-state index in [0.717, 1.165) is 10.2 Å². The van der Waals surface area contributed by atoms with Crippen molar-refractivity contribution in [1.29, 1.82) is 0 Å². The largest absolute Gasteiger partial charge is 0.480 e. The van der Waals surface area contributed by atoms with Crippen LogP contribution >= 0.6 is 11.3 Å². The number of carboxylic acid groups (broad SMARTS) is 1. The highest BCUT2D eigenvalue weighted by molar-refractivity contribution is 7.16. The second-order valence-electron chi connectivity index (χ2n) is 4.04. The Kier molecular flexibility index (Phi) is 4.49. The van der Waals surface area contributed by atoms with Gasteiger partial charge in [-0.1, -0.05) is 0 Å². The Morgan fingerprint density at radius 1 is 1.40 bits per heavy atom. The number of carbonyl (C=O) groups excluding carboxylic acids is 1. The van der Waals surface area contributed by atoms with Gasteiger partial charge in [-0.25, -0.2) is 14.6 Å². The van der Waals surface area contributed by atoms with E-state index in [4.69, 9.17) is 10.2 Å². The molecule has 1 unspecified atom stereocenters. The molecule has 8 heteroatoms. The van der Waals surface area contributed by atoms with E-state index < -0.39 is 18.0 Å². The van der Waals surface area contributed by atoms with Gasteiger partial charge in [-0.2, -0.15) is 0 Å². The molecule has 2 rings (SSSR count). The lowest BCUT2D eigenvalue weighted by Gasteiger charge is -2.14. The van der Waals surface area contributed by atoms with Crippen LogP contribution in [0.1, 0.15) is 6.42 Å². The van der Waals surface area contributed by atoms with E-state index >= 15 is 0 Å². The number of carboxylic acids is 1. The van der Waals surface area contributed by atoms with Crippen molar-refractivity contribution in [3.05, 3.63) is 23.7 Å². The lowest BCUT2D eigenvalue weighted by Crippen LogP contribution is -2.43. The van der Waals surface area contributed by atoms with Crippen LogP contribution < -0.4 is 10.6 Å². The van der Waals surface area contributed by atoms with E-state index in [1.807, 2.05) is 0 Å². The second-order valence-corrected chi connectivity index (χ2v) is 4.92. The maximum Gasteiger partial charge on any atom is 0.326 e. The Labute approximate surface area is 118 Å². The first-order valence-electron chi connectivity index (χ1n) is 5.84. The number of thiazole rings is 1. The average Bonchev–Trinajstić information content (AvgIpc) is 2.85. The summed E-state index contributed by atoms with van der Waals surface area (Å²) in [6.07, 6.45) is -0.0450. The van der Waals surface area contributed by atoms with Gasteiger partial charge in [0.1, 0.15) is 6.04 Å². The van der Waals surface area contributed by atoms with Gasteiger partial charge in [-0.3, -0.25) is 0 Å². The lowest BCUT2D eigenvalue weighted by molar-refractivity contribution is -0.139. The van der Waals surface area contributed by atoms with Gasteiger partial charge in [0.2, 0.25) is 0 Å². The molecule has 0 spiro atoms. The van der Waals surface area contributed by atoms with Crippen LogP contribution in [0.3, 0.4) is 0 Å². The zero-order valence-electron chi connectivity index (χ0n) is 10.4. The molecule has 7 nitrogen and oxygen atoms in total. The minimum Gasteiger partial charge on any atom is -0.480 e. The summed E-state index contributed by atoms with van der Waals surface area (Å²) in [5.41, 5.74) is 3.09. The molecular formula is C12H13N3O4S. The van der Waals surface area contributed by atoms with E-state index in [2.05, 4.69) is 15.6 Å². The first-order chi connectivity index (χ1) is 9.60. The minimum absolute atomic E-state index is 0.0450. The third kappa shape index (κ3) is 3.43. The molecule has 20 heavy (non-hydrogen) atoms. The number of aromatic nitrogens is 1. The summed E-state index contributed by atoms with van der Waals surface area (Å²) in [4.78, 5) is 26.7. The average molecular weight is 295 g/mol. The topological polar surface area (TPSA) is 112 Å².